The van der Waals surface area contributed by atoms with Gasteiger partial charge in [-0.25, -0.2) is 19.5 Å². The van der Waals surface area contributed by atoms with Crippen LogP contribution in [0.1, 0.15) is 18.9 Å². The predicted molar refractivity (Wildman–Crippen MR) is 125 cm³/mol. The van der Waals surface area contributed by atoms with Gasteiger partial charge in [-0.15, -0.1) is 0 Å². The van der Waals surface area contributed by atoms with E-state index in [9.17, 15) is 5.26 Å². The molecule has 2 saturated heterocycles. The van der Waals surface area contributed by atoms with Gasteiger partial charge in [-0.2, -0.15) is 10.4 Å². The summed E-state index contributed by atoms with van der Waals surface area (Å²) in [6.45, 7) is 4.28. The van der Waals surface area contributed by atoms with E-state index < -0.39 is 0 Å². The molecule has 0 spiro atoms. The summed E-state index contributed by atoms with van der Waals surface area (Å²) in [5.74, 6) is 2.53. The fourth-order valence-corrected chi connectivity index (χ4v) is 5.07. The molecular formula is C25H23N7O2. The van der Waals surface area contributed by atoms with Crippen LogP contribution in [0.2, 0.25) is 0 Å². The average molecular weight is 454 g/mol. The highest BCUT2D eigenvalue weighted by molar-refractivity contribution is 5.85. The maximum atomic E-state index is 9.55. The van der Waals surface area contributed by atoms with Gasteiger partial charge in [0.25, 0.3) is 0 Å². The average Bonchev–Trinajstić information content (AvgIpc) is 3.31. The van der Waals surface area contributed by atoms with E-state index in [1.807, 2.05) is 31.3 Å². The summed E-state index contributed by atoms with van der Waals surface area (Å²) in [7, 11) is 0. The molecule has 1 aliphatic carbocycles. The molecule has 0 radical (unpaired) electrons. The molecule has 9 heteroatoms. The van der Waals surface area contributed by atoms with Crippen molar-refractivity contribution in [3.8, 4) is 29.0 Å². The Morgan fingerprint density at radius 3 is 2.65 bits per heavy atom. The van der Waals surface area contributed by atoms with Crippen molar-refractivity contribution in [1.29, 1.82) is 5.26 Å². The number of rotatable bonds is 6. The van der Waals surface area contributed by atoms with Gasteiger partial charge in [0.2, 0.25) is 0 Å². The monoisotopic (exact) mass is 453 g/mol. The molecule has 4 aromatic heterocycles. The second kappa shape index (κ2) is 8.30. The van der Waals surface area contributed by atoms with Crippen molar-refractivity contribution in [2.45, 2.75) is 19.4 Å². The molecule has 0 aromatic carbocycles. The Morgan fingerprint density at radius 2 is 1.94 bits per heavy atom. The highest BCUT2D eigenvalue weighted by Gasteiger charge is 2.49. The Hall–Kier alpha value is -4.19. The molecule has 7 rings (SSSR count). The van der Waals surface area contributed by atoms with E-state index in [-0.39, 0.29) is 6.10 Å². The molecule has 0 N–H and O–H groups in total. The number of piperidine rings is 2. The highest BCUT2D eigenvalue weighted by atomic mass is 16.5. The Kier molecular flexibility index (Phi) is 4.99. The van der Waals surface area contributed by atoms with E-state index in [1.165, 1.54) is 0 Å². The summed E-state index contributed by atoms with van der Waals surface area (Å²) >= 11 is 0. The van der Waals surface area contributed by atoms with Gasteiger partial charge in [0.15, 0.2) is 0 Å². The maximum absolute atomic E-state index is 9.55. The van der Waals surface area contributed by atoms with Crippen LogP contribution in [0.4, 0.5) is 5.82 Å². The van der Waals surface area contributed by atoms with Gasteiger partial charge >= 0.3 is 6.01 Å². The Labute approximate surface area is 196 Å². The zero-order valence-electron chi connectivity index (χ0n) is 18.7. The van der Waals surface area contributed by atoms with Crippen molar-refractivity contribution in [2.24, 2.45) is 11.8 Å². The van der Waals surface area contributed by atoms with Gasteiger partial charge in [0.05, 0.1) is 30.1 Å². The molecule has 2 aliphatic heterocycles. The van der Waals surface area contributed by atoms with E-state index in [2.05, 4.69) is 26.0 Å². The van der Waals surface area contributed by atoms with Gasteiger partial charge < -0.3 is 14.4 Å². The third-order valence-electron chi connectivity index (χ3n) is 6.63. The third kappa shape index (κ3) is 3.48. The van der Waals surface area contributed by atoms with Crippen LogP contribution >= 0.6 is 0 Å². The Bertz CT molecular complexity index is 1350. The number of fused-ring (bicyclic) bond motifs is 3. The zero-order valence-corrected chi connectivity index (χ0v) is 18.7. The van der Waals surface area contributed by atoms with Gasteiger partial charge in [-0.1, -0.05) is 0 Å². The number of ether oxygens (including phenoxy) is 2. The summed E-state index contributed by atoms with van der Waals surface area (Å²) in [6, 6.07) is 10.5. The molecule has 3 atom stereocenters. The summed E-state index contributed by atoms with van der Waals surface area (Å²) in [5.41, 5.74) is 3.06. The number of nitriles is 1. The number of nitrogens with zero attached hydrogens (tertiary/aromatic N) is 7. The maximum Gasteiger partial charge on any atom is 0.316 e. The summed E-state index contributed by atoms with van der Waals surface area (Å²) in [5, 5.41) is 13.9. The fraction of sp³-hybridized carbons (Fsp3) is 0.320. The minimum atomic E-state index is 0.166. The lowest BCUT2D eigenvalue weighted by Gasteiger charge is -2.52. The van der Waals surface area contributed by atoms with Crippen molar-refractivity contribution in [1.82, 2.24) is 24.6 Å². The molecule has 2 bridgehead atoms. The van der Waals surface area contributed by atoms with Crippen molar-refractivity contribution in [3.05, 3.63) is 60.8 Å². The van der Waals surface area contributed by atoms with Crippen LogP contribution in [0.15, 0.2) is 55.2 Å². The summed E-state index contributed by atoms with van der Waals surface area (Å²) < 4.78 is 13.5. The second-order valence-corrected chi connectivity index (χ2v) is 8.67. The molecule has 170 valence electrons. The first kappa shape index (κ1) is 20.4. The zero-order chi connectivity index (χ0) is 23.1. The molecule has 1 saturated carbocycles. The van der Waals surface area contributed by atoms with E-state index in [0.29, 0.717) is 35.8 Å². The van der Waals surface area contributed by atoms with Crippen molar-refractivity contribution in [3.63, 3.8) is 0 Å². The van der Waals surface area contributed by atoms with Crippen LogP contribution < -0.4 is 14.4 Å². The standard InChI is InChI=1S/C25H23N7O2/c1-2-33-20-9-21(23-19(10-26)12-30-32(23)15-20)16-4-5-22(29-11-16)31-13-17-8-18(14-31)24(17)34-25-27-6-3-7-28-25/h3-7,9,11-12,15,17-18,24H,2,8,13-14H2,1H3/t17-,18?,24?/m1/s1. The first-order chi connectivity index (χ1) is 16.7. The number of aromatic nitrogens is 5. The highest BCUT2D eigenvalue weighted by Crippen LogP contribution is 2.43. The second-order valence-electron chi connectivity index (χ2n) is 8.67. The number of hydrogen-bond donors (Lipinski definition) is 0. The van der Waals surface area contributed by atoms with Gasteiger partial charge in [-0.3, -0.25) is 0 Å². The molecular weight excluding hydrogens is 430 g/mol. The lowest BCUT2D eigenvalue weighted by Crippen LogP contribution is -2.60. The van der Waals surface area contributed by atoms with Crippen LogP contribution in [0, 0.1) is 23.2 Å². The Balaban J connectivity index is 1.23. The number of anilines is 1. The smallest absolute Gasteiger partial charge is 0.316 e. The van der Waals surface area contributed by atoms with Crippen LogP contribution in [-0.2, 0) is 0 Å². The van der Waals surface area contributed by atoms with Crippen molar-refractivity contribution < 1.29 is 9.47 Å². The lowest BCUT2D eigenvalue weighted by molar-refractivity contribution is -0.0396. The first-order valence-corrected chi connectivity index (χ1v) is 11.4. The van der Waals surface area contributed by atoms with Gasteiger partial charge in [-0.05, 0) is 37.6 Å². The van der Waals surface area contributed by atoms with Crippen LogP contribution in [0.3, 0.4) is 0 Å². The minimum Gasteiger partial charge on any atom is -0.492 e. The normalized spacial score (nSPS) is 21.1. The predicted octanol–water partition coefficient (Wildman–Crippen LogP) is 3.36. The topological polar surface area (TPSA) is 101 Å². The van der Waals surface area contributed by atoms with Gasteiger partial charge in [0.1, 0.15) is 23.7 Å². The fourth-order valence-electron chi connectivity index (χ4n) is 5.07. The summed E-state index contributed by atoms with van der Waals surface area (Å²) in [4.78, 5) is 15.5. The van der Waals surface area contributed by atoms with E-state index in [0.717, 1.165) is 42.0 Å². The SMILES string of the molecule is CCOc1cc(-c2ccc(N3CC4C[C@H](C3)C4Oc3ncccn3)nc2)c2c(C#N)cnn2c1. The van der Waals surface area contributed by atoms with Crippen LogP contribution in [0.25, 0.3) is 16.6 Å². The molecule has 9 nitrogen and oxygen atoms in total. The minimum absolute atomic E-state index is 0.166. The molecule has 0 amide bonds. The molecule has 2 unspecified atom stereocenters. The number of hydrogen-bond acceptors (Lipinski definition) is 8. The molecule has 3 aliphatic rings. The third-order valence-corrected chi connectivity index (χ3v) is 6.63. The molecule has 6 heterocycles. The van der Waals surface area contributed by atoms with Crippen LogP contribution in [0.5, 0.6) is 11.8 Å². The van der Waals surface area contributed by atoms with Crippen LogP contribution in [-0.4, -0.2) is 50.4 Å². The summed E-state index contributed by atoms with van der Waals surface area (Å²) in [6.07, 6.45) is 9.97. The van der Waals surface area contributed by atoms with Crippen molar-refractivity contribution in [2.75, 3.05) is 24.6 Å². The van der Waals surface area contributed by atoms with E-state index in [1.54, 1.807) is 35.4 Å². The quantitative estimate of drug-likeness (QED) is 0.438. The first-order valence-electron chi connectivity index (χ1n) is 11.4. The molecule has 3 fully saturated rings. The van der Waals surface area contributed by atoms with E-state index >= 15 is 0 Å². The Morgan fingerprint density at radius 1 is 1.12 bits per heavy atom. The number of pyridine rings is 2. The molecule has 4 aromatic rings. The van der Waals surface area contributed by atoms with Gasteiger partial charge in [0, 0.05) is 54.6 Å². The lowest BCUT2D eigenvalue weighted by atomic mass is 9.68. The van der Waals surface area contributed by atoms with E-state index in [4.69, 9.17) is 14.5 Å². The molecule has 34 heavy (non-hydrogen) atoms. The van der Waals surface area contributed by atoms with Crippen molar-refractivity contribution >= 4 is 11.3 Å². The largest absolute Gasteiger partial charge is 0.492 e.